The summed E-state index contributed by atoms with van der Waals surface area (Å²) in [5.41, 5.74) is 1.25. The Morgan fingerprint density at radius 3 is 3.00 bits per heavy atom. The van der Waals surface area contributed by atoms with Crippen LogP contribution in [0.5, 0.6) is 0 Å². The molecule has 1 amide bonds. The molecule has 8 nitrogen and oxygen atoms in total. The predicted octanol–water partition coefficient (Wildman–Crippen LogP) is 1.17. The number of carbonyl (C=O) groups excluding carboxylic acids is 1. The van der Waals surface area contributed by atoms with Gasteiger partial charge in [0.1, 0.15) is 17.7 Å². The van der Waals surface area contributed by atoms with Crippen LogP contribution in [0.4, 0.5) is 16.2 Å². The zero-order valence-corrected chi connectivity index (χ0v) is 15.2. The minimum atomic E-state index is -0.952. The van der Waals surface area contributed by atoms with E-state index in [-0.39, 0.29) is 18.5 Å². The number of nitrogens with one attached hydrogen (secondary N) is 2. The lowest BCUT2D eigenvalue weighted by molar-refractivity contribution is 0.0946. The fourth-order valence-electron chi connectivity index (χ4n) is 3.01. The third-order valence-corrected chi connectivity index (χ3v) is 4.43. The lowest BCUT2D eigenvalue weighted by Crippen LogP contribution is -2.40. The number of hydrogen-bond acceptors (Lipinski definition) is 6. The van der Waals surface area contributed by atoms with E-state index in [1.54, 1.807) is 23.2 Å². The number of amides is 1. The van der Waals surface area contributed by atoms with Crippen LogP contribution in [0.2, 0.25) is 0 Å². The Morgan fingerprint density at radius 1 is 1.50 bits per heavy atom. The Kier molecular flexibility index (Phi) is 5.34. The largest absolute Gasteiger partial charge is 0.349 e. The topological polar surface area (TPSA) is 90.0 Å². The SMILES string of the molecule is CCc1cc(C(=O)NC[C@@H]2C[C@H](F)CN2c2ccnc(N(C)C)n2)n[nH]1. The lowest BCUT2D eigenvalue weighted by atomic mass is 10.2. The van der Waals surface area contributed by atoms with Crippen molar-refractivity contribution >= 4 is 17.7 Å². The molecule has 1 aliphatic heterocycles. The van der Waals surface area contributed by atoms with Crippen molar-refractivity contribution in [1.29, 1.82) is 0 Å². The summed E-state index contributed by atoms with van der Waals surface area (Å²) in [6, 6.07) is 3.33. The summed E-state index contributed by atoms with van der Waals surface area (Å²) < 4.78 is 14.0. The van der Waals surface area contributed by atoms with Gasteiger partial charge in [-0.15, -0.1) is 0 Å². The molecule has 2 aromatic rings. The van der Waals surface area contributed by atoms with E-state index in [0.29, 0.717) is 30.4 Å². The van der Waals surface area contributed by atoms with Crippen LogP contribution < -0.4 is 15.1 Å². The summed E-state index contributed by atoms with van der Waals surface area (Å²) in [6.45, 7) is 2.57. The van der Waals surface area contributed by atoms with Crippen molar-refractivity contribution in [2.24, 2.45) is 0 Å². The van der Waals surface area contributed by atoms with Gasteiger partial charge in [-0.25, -0.2) is 9.37 Å². The fraction of sp³-hybridized carbons (Fsp3) is 0.529. The van der Waals surface area contributed by atoms with Crippen molar-refractivity contribution < 1.29 is 9.18 Å². The van der Waals surface area contributed by atoms with Gasteiger partial charge < -0.3 is 15.1 Å². The van der Waals surface area contributed by atoms with Crippen molar-refractivity contribution in [3.63, 3.8) is 0 Å². The molecule has 140 valence electrons. The molecule has 0 aliphatic carbocycles. The molecule has 2 atom stereocenters. The maximum absolute atomic E-state index is 14.0. The van der Waals surface area contributed by atoms with Gasteiger partial charge in [0.05, 0.1) is 12.6 Å². The predicted molar refractivity (Wildman–Crippen MR) is 97.3 cm³/mol. The van der Waals surface area contributed by atoms with Crippen LogP contribution in [0.25, 0.3) is 0 Å². The highest BCUT2D eigenvalue weighted by molar-refractivity contribution is 5.92. The van der Waals surface area contributed by atoms with Gasteiger partial charge in [-0.1, -0.05) is 6.92 Å². The molecule has 2 N–H and O–H groups in total. The zero-order chi connectivity index (χ0) is 18.7. The van der Waals surface area contributed by atoms with E-state index in [9.17, 15) is 9.18 Å². The van der Waals surface area contributed by atoms with Gasteiger partial charge >= 0.3 is 0 Å². The van der Waals surface area contributed by atoms with Crippen LogP contribution in [0.3, 0.4) is 0 Å². The molecular weight excluding hydrogens is 337 g/mol. The highest BCUT2D eigenvalue weighted by atomic mass is 19.1. The van der Waals surface area contributed by atoms with Crippen LogP contribution in [-0.4, -0.2) is 65.5 Å². The van der Waals surface area contributed by atoms with Crippen molar-refractivity contribution in [3.05, 3.63) is 29.7 Å². The average molecular weight is 361 g/mol. The molecule has 9 heteroatoms. The van der Waals surface area contributed by atoms with Crippen LogP contribution >= 0.6 is 0 Å². The second-order valence-electron chi connectivity index (χ2n) is 6.59. The van der Waals surface area contributed by atoms with Gasteiger partial charge in [0, 0.05) is 39.0 Å². The van der Waals surface area contributed by atoms with Crippen molar-refractivity contribution in [2.75, 3.05) is 37.0 Å². The summed E-state index contributed by atoms with van der Waals surface area (Å²) in [6.07, 6.45) is 1.84. The first kappa shape index (κ1) is 18.1. The molecule has 0 unspecified atom stereocenters. The monoisotopic (exact) mass is 361 g/mol. The Hall–Kier alpha value is -2.71. The number of carbonyl (C=O) groups is 1. The number of hydrogen-bond donors (Lipinski definition) is 2. The summed E-state index contributed by atoms with van der Waals surface area (Å²) in [7, 11) is 3.71. The number of halogens is 1. The summed E-state index contributed by atoms with van der Waals surface area (Å²) in [5, 5.41) is 9.68. The number of alkyl halides is 1. The minimum absolute atomic E-state index is 0.163. The Balaban J connectivity index is 1.68. The molecule has 1 saturated heterocycles. The van der Waals surface area contributed by atoms with Gasteiger partial charge in [-0.05, 0) is 18.6 Å². The number of aromatic amines is 1. The summed E-state index contributed by atoms with van der Waals surface area (Å²) >= 11 is 0. The number of aromatic nitrogens is 4. The van der Waals surface area contributed by atoms with Crippen LogP contribution in [-0.2, 0) is 6.42 Å². The third kappa shape index (κ3) is 3.92. The molecule has 0 bridgehead atoms. The van der Waals surface area contributed by atoms with Gasteiger partial charge in [0.15, 0.2) is 0 Å². The van der Waals surface area contributed by atoms with Crippen LogP contribution in [0.15, 0.2) is 18.3 Å². The minimum Gasteiger partial charge on any atom is -0.349 e. The summed E-state index contributed by atoms with van der Waals surface area (Å²) in [4.78, 5) is 24.6. The molecule has 0 aromatic carbocycles. The van der Waals surface area contributed by atoms with E-state index in [2.05, 4.69) is 25.5 Å². The quantitative estimate of drug-likeness (QED) is 0.803. The first-order valence-electron chi connectivity index (χ1n) is 8.71. The zero-order valence-electron chi connectivity index (χ0n) is 15.2. The molecule has 26 heavy (non-hydrogen) atoms. The number of aryl methyl sites for hydroxylation is 1. The normalized spacial score (nSPS) is 19.6. The van der Waals surface area contributed by atoms with Gasteiger partial charge in [-0.2, -0.15) is 10.1 Å². The molecule has 2 aromatic heterocycles. The molecule has 3 rings (SSSR count). The number of H-pyrrole nitrogens is 1. The maximum atomic E-state index is 14.0. The molecule has 3 heterocycles. The standard InChI is InChI=1S/C17H24FN7O/c1-4-12-8-14(23-22-12)16(26)20-9-13-7-11(18)10-25(13)15-5-6-19-17(21-15)24(2)3/h5-6,8,11,13H,4,7,9-10H2,1-3H3,(H,20,26)(H,22,23)/t11-,13-/m0/s1. The Labute approximate surface area is 151 Å². The van der Waals surface area contributed by atoms with Crippen LogP contribution in [0, 0.1) is 0 Å². The van der Waals surface area contributed by atoms with Gasteiger partial charge in [0.25, 0.3) is 5.91 Å². The maximum Gasteiger partial charge on any atom is 0.271 e. The first-order chi connectivity index (χ1) is 12.5. The average Bonchev–Trinajstić information content (AvgIpc) is 3.26. The van der Waals surface area contributed by atoms with E-state index in [4.69, 9.17) is 0 Å². The Bertz CT molecular complexity index is 763. The molecular formula is C17H24FN7O. The molecule has 1 fully saturated rings. The van der Waals surface area contributed by atoms with E-state index in [0.717, 1.165) is 12.1 Å². The van der Waals surface area contributed by atoms with E-state index in [1.807, 2.05) is 25.9 Å². The van der Waals surface area contributed by atoms with E-state index < -0.39 is 6.17 Å². The second-order valence-corrected chi connectivity index (χ2v) is 6.59. The van der Waals surface area contributed by atoms with Crippen molar-refractivity contribution in [2.45, 2.75) is 32.0 Å². The molecule has 0 saturated carbocycles. The number of nitrogens with zero attached hydrogens (tertiary/aromatic N) is 5. The van der Waals surface area contributed by atoms with E-state index in [1.165, 1.54) is 0 Å². The molecule has 0 radical (unpaired) electrons. The number of anilines is 2. The smallest absolute Gasteiger partial charge is 0.271 e. The second kappa shape index (κ2) is 7.67. The highest BCUT2D eigenvalue weighted by Crippen LogP contribution is 2.26. The van der Waals surface area contributed by atoms with E-state index >= 15 is 0 Å². The Morgan fingerprint density at radius 2 is 2.31 bits per heavy atom. The third-order valence-electron chi connectivity index (χ3n) is 4.43. The first-order valence-corrected chi connectivity index (χ1v) is 8.71. The molecule has 0 spiro atoms. The van der Waals surface area contributed by atoms with Gasteiger partial charge in [0.2, 0.25) is 5.95 Å². The number of rotatable bonds is 6. The van der Waals surface area contributed by atoms with Gasteiger partial charge in [-0.3, -0.25) is 9.89 Å². The lowest BCUT2D eigenvalue weighted by Gasteiger charge is -2.26. The van der Waals surface area contributed by atoms with Crippen molar-refractivity contribution in [1.82, 2.24) is 25.5 Å². The van der Waals surface area contributed by atoms with Crippen molar-refractivity contribution in [3.8, 4) is 0 Å². The summed E-state index contributed by atoms with van der Waals surface area (Å²) in [5.74, 6) is 0.965. The van der Waals surface area contributed by atoms with Crippen LogP contribution in [0.1, 0.15) is 29.5 Å². The highest BCUT2D eigenvalue weighted by Gasteiger charge is 2.33. The fourth-order valence-corrected chi connectivity index (χ4v) is 3.01. The molecule has 1 aliphatic rings.